The van der Waals surface area contributed by atoms with Crippen molar-refractivity contribution in [2.75, 3.05) is 26.7 Å². The maximum absolute atomic E-state index is 14.1. The Bertz CT molecular complexity index is 1570. The van der Waals surface area contributed by atoms with E-state index in [-0.39, 0.29) is 36.8 Å². The maximum atomic E-state index is 14.1. The van der Waals surface area contributed by atoms with Gasteiger partial charge in [-0.2, -0.15) is 17.8 Å². The summed E-state index contributed by atoms with van der Waals surface area (Å²) in [6.07, 6.45) is 0.158. The summed E-state index contributed by atoms with van der Waals surface area (Å²) in [5, 5.41) is 19.6. The highest BCUT2D eigenvalue weighted by Crippen LogP contribution is 2.34. The lowest BCUT2D eigenvalue weighted by Crippen LogP contribution is -2.54. The van der Waals surface area contributed by atoms with Crippen molar-refractivity contribution in [3.63, 3.8) is 0 Å². The summed E-state index contributed by atoms with van der Waals surface area (Å²) in [6.45, 7) is 1.33. The molecule has 0 bridgehead atoms. The Labute approximate surface area is 286 Å². The summed E-state index contributed by atoms with van der Waals surface area (Å²) < 4.78 is 61.1. The maximum Gasteiger partial charge on any atom is 0.407 e. The molecule has 1 heterocycles. The number of hydrogen-bond acceptors (Lipinski definition) is 7. The SMILES string of the molecule is COC(=O)NC(C(=O)NC1CC(O)CC1CC[C@H]1CNCCN1S(=O)(=O)c1ccccc1)C(c1ccc(F)cc1)c1ccc(F)cc1.S. The zero-order chi connectivity index (χ0) is 33.6. The number of aliphatic hydroxyl groups is 1. The molecule has 260 valence electrons. The third kappa shape index (κ3) is 8.91. The molecule has 4 N–H and O–H groups in total. The quantitative estimate of drug-likeness (QED) is 0.239. The summed E-state index contributed by atoms with van der Waals surface area (Å²) in [4.78, 5) is 26.8. The minimum absolute atomic E-state index is 0. The first kappa shape index (κ1) is 37.3. The van der Waals surface area contributed by atoms with Crippen LogP contribution in [0, 0.1) is 17.6 Å². The van der Waals surface area contributed by atoms with E-state index < -0.39 is 57.8 Å². The molecule has 48 heavy (non-hydrogen) atoms. The number of nitrogens with one attached hydrogen (secondary N) is 3. The summed E-state index contributed by atoms with van der Waals surface area (Å²) in [5.74, 6) is -2.55. The molecule has 1 aliphatic carbocycles. The highest BCUT2D eigenvalue weighted by Gasteiger charge is 2.40. The van der Waals surface area contributed by atoms with Crippen molar-refractivity contribution in [1.82, 2.24) is 20.3 Å². The molecule has 0 radical (unpaired) electrons. The number of rotatable bonds is 11. The first-order valence-corrected chi connectivity index (χ1v) is 17.1. The Hall–Kier alpha value is -3.56. The van der Waals surface area contributed by atoms with Gasteiger partial charge >= 0.3 is 6.09 Å². The molecule has 0 aromatic heterocycles. The van der Waals surface area contributed by atoms with Crippen molar-refractivity contribution in [3.8, 4) is 0 Å². The summed E-state index contributed by atoms with van der Waals surface area (Å²) >= 11 is 0. The number of amides is 2. The normalized spacial score (nSPS) is 22.0. The van der Waals surface area contributed by atoms with Crippen LogP contribution in [-0.4, -0.2) is 80.8 Å². The van der Waals surface area contributed by atoms with Crippen molar-refractivity contribution in [3.05, 3.63) is 102 Å². The van der Waals surface area contributed by atoms with Gasteiger partial charge in [0.1, 0.15) is 17.7 Å². The number of hydrogen-bond donors (Lipinski definition) is 4. The lowest BCUT2D eigenvalue weighted by atomic mass is 9.84. The number of sulfonamides is 1. The number of halogens is 2. The van der Waals surface area contributed by atoms with Gasteiger partial charge in [0.2, 0.25) is 15.9 Å². The van der Waals surface area contributed by atoms with Crippen LogP contribution in [0.15, 0.2) is 83.8 Å². The van der Waals surface area contributed by atoms with Gasteiger partial charge in [0, 0.05) is 37.6 Å². The largest absolute Gasteiger partial charge is 0.453 e. The predicted octanol–water partition coefficient (Wildman–Crippen LogP) is 3.63. The number of ether oxygens (including phenoxy) is 1. The summed E-state index contributed by atoms with van der Waals surface area (Å²) in [6, 6.07) is 17.2. The van der Waals surface area contributed by atoms with E-state index in [4.69, 9.17) is 4.74 Å². The Morgan fingerprint density at radius 3 is 2.15 bits per heavy atom. The molecule has 10 nitrogen and oxygen atoms in total. The second-order valence-electron chi connectivity index (χ2n) is 12.1. The predicted molar refractivity (Wildman–Crippen MR) is 181 cm³/mol. The van der Waals surface area contributed by atoms with Crippen LogP contribution in [-0.2, 0) is 19.6 Å². The number of alkyl carbamates (subject to hydrolysis) is 1. The molecule has 3 aromatic carbocycles. The van der Waals surface area contributed by atoms with Gasteiger partial charge in [-0.3, -0.25) is 4.79 Å². The molecule has 2 fully saturated rings. The fraction of sp³-hybridized carbons (Fsp3) is 0.412. The van der Waals surface area contributed by atoms with Crippen molar-refractivity contribution < 1.29 is 36.6 Å². The van der Waals surface area contributed by atoms with E-state index in [0.717, 1.165) is 0 Å². The zero-order valence-electron chi connectivity index (χ0n) is 26.5. The minimum atomic E-state index is -3.72. The molecule has 4 unspecified atom stereocenters. The van der Waals surface area contributed by atoms with Crippen molar-refractivity contribution in [2.24, 2.45) is 5.92 Å². The van der Waals surface area contributed by atoms with Crippen molar-refractivity contribution in [1.29, 1.82) is 0 Å². The van der Waals surface area contributed by atoms with Gasteiger partial charge in [0.15, 0.2) is 0 Å². The van der Waals surface area contributed by atoms with Crippen LogP contribution in [0.1, 0.15) is 42.7 Å². The van der Waals surface area contributed by atoms with Gasteiger partial charge in [-0.05, 0) is 79.1 Å². The standard InChI is InChI=1S/C34H40F2N4O6S.H2S/c1-46-34(43)39-32(31(22-7-12-25(35)13-8-22)23-9-14-26(36)15-10-23)33(42)38-30-20-28(41)19-24(30)11-16-27-21-37-17-18-40(27)47(44,45)29-5-3-2-4-6-29;/h2-10,12-15,24,27-28,30-32,37,41H,11,16-21H2,1H3,(H,38,42)(H,39,43);1H2/t24?,27-,28?,30?,32?;/m0./s1. The Balaban J connectivity index is 0.00000520. The van der Waals surface area contributed by atoms with Gasteiger partial charge < -0.3 is 25.8 Å². The molecular weight excluding hydrogens is 663 g/mol. The van der Waals surface area contributed by atoms with Crippen molar-refractivity contribution in [2.45, 2.75) is 60.7 Å². The molecule has 5 rings (SSSR count). The molecule has 5 atom stereocenters. The average molecular weight is 705 g/mol. The third-order valence-corrected chi connectivity index (χ3v) is 11.0. The van der Waals surface area contributed by atoms with Crippen LogP contribution in [0.2, 0.25) is 0 Å². The number of benzene rings is 3. The van der Waals surface area contributed by atoms with Crippen LogP contribution < -0.4 is 16.0 Å². The van der Waals surface area contributed by atoms with E-state index >= 15 is 0 Å². The number of methoxy groups -OCH3 is 1. The topological polar surface area (TPSA) is 137 Å². The lowest BCUT2D eigenvalue weighted by Gasteiger charge is -2.36. The molecule has 3 aromatic rings. The van der Waals surface area contributed by atoms with Crippen LogP contribution in [0.25, 0.3) is 0 Å². The highest BCUT2D eigenvalue weighted by molar-refractivity contribution is 7.89. The van der Waals surface area contributed by atoms with E-state index in [1.165, 1.54) is 59.9 Å². The van der Waals surface area contributed by atoms with Crippen LogP contribution in [0.3, 0.4) is 0 Å². The number of carbonyl (C=O) groups is 2. The van der Waals surface area contributed by atoms with Crippen LogP contribution in [0.5, 0.6) is 0 Å². The summed E-state index contributed by atoms with van der Waals surface area (Å²) in [5.41, 5.74) is 1.00. The second-order valence-corrected chi connectivity index (χ2v) is 13.9. The highest BCUT2D eigenvalue weighted by atomic mass is 32.2. The van der Waals surface area contributed by atoms with Crippen LogP contribution >= 0.6 is 13.5 Å². The zero-order valence-corrected chi connectivity index (χ0v) is 28.3. The number of carbonyl (C=O) groups excluding carboxylic acids is 2. The number of piperazine rings is 1. The molecule has 2 amide bonds. The number of nitrogens with zero attached hydrogens (tertiary/aromatic N) is 1. The Morgan fingerprint density at radius 1 is 0.958 bits per heavy atom. The lowest BCUT2D eigenvalue weighted by molar-refractivity contribution is -0.124. The Kier molecular flexibility index (Phi) is 13.0. The molecule has 0 spiro atoms. The van der Waals surface area contributed by atoms with Crippen molar-refractivity contribution >= 4 is 35.5 Å². The molecule has 2 aliphatic rings. The van der Waals surface area contributed by atoms with E-state index in [0.29, 0.717) is 50.0 Å². The van der Waals surface area contributed by atoms with Gasteiger partial charge in [-0.1, -0.05) is 42.5 Å². The fourth-order valence-electron chi connectivity index (χ4n) is 6.71. The van der Waals surface area contributed by atoms with Gasteiger partial charge in [-0.15, -0.1) is 0 Å². The molecule has 14 heteroatoms. The second kappa shape index (κ2) is 16.7. The Morgan fingerprint density at radius 2 is 1.56 bits per heavy atom. The fourth-order valence-corrected chi connectivity index (χ4v) is 8.38. The summed E-state index contributed by atoms with van der Waals surface area (Å²) in [7, 11) is -2.55. The van der Waals surface area contributed by atoms with Gasteiger partial charge in [0.25, 0.3) is 0 Å². The van der Waals surface area contributed by atoms with E-state index in [9.17, 15) is 31.9 Å². The third-order valence-electron chi connectivity index (χ3n) is 9.05. The van der Waals surface area contributed by atoms with E-state index in [1.807, 2.05) is 0 Å². The first-order chi connectivity index (χ1) is 22.6. The van der Waals surface area contributed by atoms with Gasteiger partial charge in [0.05, 0.1) is 18.1 Å². The smallest absolute Gasteiger partial charge is 0.407 e. The van der Waals surface area contributed by atoms with Crippen LogP contribution in [0.4, 0.5) is 13.6 Å². The van der Waals surface area contributed by atoms with E-state index in [1.54, 1.807) is 30.3 Å². The molecule has 1 aliphatic heterocycles. The molecule has 1 saturated heterocycles. The molecule has 1 saturated carbocycles. The minimum Gasteiger partial charge on any atom is -0.453 e. The average Bonchev–Trinajstić information content (AvgIpc) is 3.43. The molecular formula is C34H42F2N4O6S2. The van der Waals surface area contributed by atoms with Gasteiger partial charge in [-0.25, -0.2) is 22.0 Å². The first-order valence-electron chi connectivity index (χ1n) is 15.7. The van der Waals surface area contributed by atoms with E-state index in [2.05, 4.69) is 16.0 Å². The monoisotopic (exact) mass is 704 g/mol. The number of aliphatic hydroxyl groups excluding tert-OH is 1.